The van der Waals surface area contributed by atoms with E-state index < -0.39 is 12.7 Å². The number of aromatic nitrogens is 3. The van der Waals surface area contributed by atoms with E-state index in [2.05, 4.69) is 25.7 Å². The molecule has 1 atom stereocenters. The fourth-order valence-electron chi connectivity index (χ4n) is 3.00. The third-order valence-electron chi connectivity index (χ3n) is 4.20. The Labute approximate surface area is 157 Å². The van der Waals surface area contributed by atoms with E-state index in [0.717, 1.165) is 18.7 Å². The van der Waals surface area contributed by atoms with Crippen molar-refractivity contribution in [1.29, 1.82) is 0 Å². The van der Waals surface area contributed by atoms with Crippen LogP contribution in [0.5, 0.6) is 0 Å². The van der Waals surface area contributed by atoms with Gasteiger partial charge in [-0.25, -0.2) is 9.67 Å². The normalized spacial score (nSPS) is 17.9. The zero-order valence-corrected chi connectivity index (χ0v) is 16.0. The first kappa shape index (κ1) is 21.4. The van der Waals surface area contributed by atoms with Crippen LogP contribution >= 0.6 is 0 Å². The Hall–Kier alpha value is -1.88. The van der Waals surface area contributed by atoms with Crippen molar-refractivity contribution in [2.24, 2.45) is 4.99 Å². The molecule has 0 radical (unpaired) electrons. The highest BCUT2D eigenvalue weighted by molar-refractivity contribution is 5.79. The number of ether oxygens (including phenoxy) is 1. The number of aryl methyl sites for hydroxylation is 1. The summed E-state index contributed by atoms with van der Waals surface area (Å²) in [5.74, 6) is 2.27. The van der Waals surface area contributed by atoms with E-state index in [1.54, 1.807) is 14.2 Å². The number of rotatable bonds is 8. The summed E-state index contributed by atoms with van der Waals surface area (Å²) in [5.41, 5.74) is 0. The Balaban J connectivity index is 1.72. The highest BCUT2D eigenvalue weighted by atomic mass is 19.4. The molecule has 0 aromatic carbocycles. The second-order valence-electron chi connectivity index (χ2n) is 6.64. The van der Waals surface area contributed by atoms with Gasteiger partial charge < -0.3 is 15.4 Å². The summed E-state index contributed by atoms with van der Waals surface area (Å²) >= 11 is 0. The first-order valence-corrected chi connectivity index (χ1v) is 8.94. The molecule has 2 N–H and O–H groups in total. The summed E-state index contributed by atoms with van der Waals surface area (Å²) in [7, 11) is 4.75. The van der Waals surface area contributed by atoms with Gasteiger partial charge in [-0.2, -0.15) is 18.3 Å². The van der Waals surface area contributed by atoms with Gasteiger partial charge >= 0.3 is 6.18 Å². The van der Waals surface area contributed by atoms with Crippen molar-refractivity contribution in [2.45, 2.75) is 44.6 Å². The summed E-state index contributed by atoms with van der Waals surface area (Å²) in [6.07, 6.45) is -1.86. The summed E-state index contributed by atoms with van der Waals surface area (Å²) in [4.78, 5) is 9.90. The van der Waals surface area contributed by atoms with E-state index in [4.69, 9.17) is 4.74 Å². The number of halogens is 3. The molecule has 0 amide bonds. The van der Waals surface area contributed by atoms with Crippen LogP contribution < -0.4 is 10.6 Å². The van der Waals surface area contributed by atoms with Crippen LogP contribution in [-0.2, 0) is 24.3 Å². The van der Waals surface area contributed by atoms with Crippen molar-refractivity contribution in [3.05, 3.63) is 11.6 Å². The molecule has 0 spiro atoms. The molecule has 27 heavy (non-hydrogen) atoms. The van der Waals surface area contributed by atoms with Crippen LogP contribution in [0.2, 0.25) is 0 Å². The highest BCUT2D eigenvalue weighted by Gasteiger charge is 2.28. The van der Waals surface area contributed by atoms with Gasteiger partial charge in [0.25, 0.3) is 0 Å². The number of hydrogen-bond donors (Lipinski definition) is 2. The quantitative estimate of drug-likeness (QED) is 0.388. The van der Waals surface area contributed by atoms with Crippen molar-refractivity contribution >= 4 is 5.96 Å². The van der Waals surface area contributed by atoms with Gasteiger partial charge in [0, 0.05) is 33.2 Å². The van der Waals surface area contributed by atoms with E-state index in [9.17, 15) is 13.2 Å². The standard InChI is InChI=1S/C16H28F3N7O/c1-20-15(21-7-4-8-25(2)11-16(17,18)19)22-12-5-6-14-23-13(10-27-3)24-26(14)9-12/h12H,4-11H2,1-3H3,(H2,20,21,22). The molecule has 0 saturated carbocycles. The molecule has 154 valence electrons. The molecule has 0 saturated heterocycles. The predicted molar refractivity (Wildman–Crippen MR) is 95.5 cm³/mol. The summed E-state index contributed by atoms with van der Waals surface area (Å²) in [5, 5.41) is 10.9. The number of fused-ring (bicyclic) bond motifs is 1. The molecule has 2 rings (SSSR count). The van der Waals surface area contributed by atoms with Gasteiger partial charge in [-0.05, 0) is 26.4 Å². The lowest BCUT2D eigenvalue weighted by Gasteiger charge is -2.25. The number of aliphatic imine (C=N–C) groups is 1. The number of nitrogens with one attached hydrogen (secondary N) is 2. The molecule has 11 heteroatoms. The zero-order valence-electron chi connectivity index (χ0n) is 16.0. The van der Waals surface area contributed by atoms with E-state index in [1.807, 2.05) is 4.68 Å². The topological polar surface area (TPSA) is 79.6 Å². The number of alkyl halides is 3. The monoisotopic (exact) mass is 391 g/mol. The molecule has 1 aliphatic rings. The number of hydrogen-bond acceptors (Lipinski definition) is 5. The minimum absolute atomic E-state index is 0.161. The first-order chi connectivity index (χ1) is 12.8. The molecule has 0 bridgehead atoms. The van der Waals surface area contributed by atoms with Crippen LogP contribution in [0, 0.1) is 0 Å². The van der Waals surface area contributed by atoms with Crippen molar-refractivity contribution in [3.8, 4) is 0 Å². The minimum atomic E-state index is -4.16. The van der Waals surface area contributed by atoms with Gasteiger partial charge in [-0.1, -0.05) is 0 Å². The van der Waals surface area contributed by atoms with Crippen molar-refractivity contribution in [2.75, 3.05) is 40.8 Å². The van der Waals surface area contributed by atoms with Crippen molar-refractivity contribution in [3.63, 3.8) is 0 Å². The molecule has 2 heterocycles. The van der Waals surface area contributed by atoms with Gasteiger partial charge in [-0.15, -0.1) is 0 Å². The fraction of sp³-hybridized carbons (Fsp3) is 0.812. The minimum Gasteiger partial charge on any atom is -0.377 e. The second-order valence-corrected chi connectivity index (χ2v) is 6.64. The average Bonchev–Trinajstić information content (AvgIpc) is 2.98. The fourth-order valence-corrected chi connectivity index (χ4v) is 3.00. The van der Waals surface area contributed by atoms with Crippen molar-refractivity contribution < 1.29 is 17.9 Å². The van der Waals surface area contributed by atoms with Crippen LogP contribution in [0.3, 0.4) is 0 Å². The summed E-state index contributed by atoms with van der Waals surface area (Å²) < 4.78 is 43.9. The molecule has 1 aromatic heterocycles. The van der Waals surface area contributed by atoms with Crippen LogP contribution in [0.25, 0.3) is 0 Å². The molecule has 1 aromatic rings. The molecule has 8 nitrogen and oxygen atoms in total. The molecular weight excluding hydrogens is 363 g/mol. The Morgan fingerprint density at radius 2 is 2.22 bits per heavy atom. The summed E-state index contributed by atoms with van der Waals surface area (Å²) in [6.45, 7) is 1.08. The lowest BCUT2D eigenvalue weighted by molar-refractivity contribution is -0.143. The Bertz CT molecular complexity index is 618. The van der Waals surface area contributed by atoms with Crippen LogP contribution in [0.15, 0.2) is 4.99 Å². The van der Waals surface area contributed by atoms with E-state index in [0.29, 0.717) is 44.4 Å². The maximum Gasteiger partial charge on any atom is 0.401 e. The first-order valence-electron chi connectivity index (χ1n) is 8.94. The van der Waals surface area contributed by atoms with E-state index in [1.165, 1.54) is 11.9 Å². The van der Waals surface area contributed by atoms with Gasteiger partial charge in [0.2, 0.25) is 0 Å². The third kappa shape index (κ3) is 7.33. The largest absolute Gasteiger partial charge is 0.401 e. The lowest BCUT2D eigenvalue weighted by Crippen LogP contribution is -2.47. The zero-order chi connectivity index (χ0) is 19.9. The summed E-state index contributed by atoms with van der Waals surface area (Å²) in [6, 6.07) is 0.161. The van der Waals surface area contributed by atoms with Gasteiger partial charge in [-0.3, -0.25) is 9.89 Å². The maximum absolute atomic E-state index is 12.3. The molecule has 1 unspecified atom stereocenters. The Morgan fingerprint density at radius 3 is 2.89 bits per heavy atom. The van der Waals surface area contributed by atoms with Crippen molar-refractivity contribution in [1.82, 2.24) is 30.3 Å². The van der Waals surface area contributed by atoms with Gasteiger partial charge in [0.1, 0.15) is 12.4 Å². The van der Waals surface area contributed by atoms with Crippen LogP contribution in [0.4, 0.5) is 13.2 Å². The lowest BCUT2D eigenvalue weighted by atomic mass is 10.1. The molecule has 1 aliphatic heterocycles. The maximum atomic E-state index is 12.3. The smallest absolute Gasteiger partial charge is 0.377 e. The van der Waals surface area contributed by atoms with E-state index >= 15 is 0 Å². The van der Waals surface area contributed by atoms with Crippen LogP contribution in [0.1, 0.15) is 24.5 Å². The van der Waals surface area contributed by atoms with Crippen LogP contribution in [-0.4, -0.2) is 78.7 Å². The number of nitrogens with zero attached hydrogens (tertiary/aromatic N) is 5. The number of methoxy groups -OCH3 is 1. The SMILES string of the molecule is CN=C(NCCCN(C)CC(F)(F)F)NC1CCc2nc(COC)nn2C1. The molecule has 0 aliphatic carbocycles. The van der Waals surface area contributed by atoms with Gasteiger partial charge in [0.15, 0.2) is 11.8 Å². The van der Waals surface area contributed by atoms with Gasteiger partial charge in [0.05, 0.1) is 13.1 Å². The third-order valence-corrected chi connectivity index (χ3v) is 4.20. The number of guanidine groups is 1. The highest BCUT2D eigenvalue weighted by Crippen LogP contribution is 2.15. The Morgan fingerprint density at radius 1 is 1.44 bits per heavy atom. The average molecular weight is 391 g/mol. The molecule has 0 fully saturated rings. The van der Waals surface area contributed by atoms with E-state index in [-0.39, 0.29) is 6.04 Å². The predicted octanol–water partition coefficient (Wildman–Crippen LogP) is 0.788. The molecular formula is C16H28F3N7O. The Kier molecular flexibility index (Phi) is 7.84. The second kappa shape index (κ2) is 9.88.